The SMILES string of the molecule is CCN(c1ccc(C(COC)CC(=O)O)cc1Nc1ccc(C#N)c(Cl)c1)C1CCOCC1. The number of carbonyl (C=O) groups is 1. The number of rotatable bonds is 10. The van der Waals surface area contributed by atoms with E-state index in [2.05, 4.69) is 23.2 Å². The number of nitrogens with zero attached hydrogens (tertiary/aromatic N) is 2. The number of carboxylic acids is 1. The van der Waals surface area contributed by atoms with Crippen molar-refractivity contribution in [1.29, 1.82) is 5.26 Å². The van der Waals surface area contributed by atoms with Crippen LogP contribution in [0.4, 0.5) is 17.1 Å². The maximum Gasteiger partial charge on any atom is 0.304 e. The summed E-state index contributed by atoms with van der Waals surface area (Å²) in [5.41, 5.74) is 3.93. The van der Waals surface area contributed by atoms with Crippen LogP contribution in [0.1, 0.15) is 43.2 Å². The number of benzene rings is 2. The van der Waals surface area contributed by atoms with E-state index in [0.717, 1.165) is 55.2 Å². The van der Waals surface area contributed by atoms with E-state index in [-0.39, 0.29) is 12.3 Å². The van der Waals surface area contributed by atoms with Crippen molar-refractivity contribution in [3.63, 3.8) is 0 Å². The molecule has 0 bridgehead atoms. The lowest BCUT2D eigenvalue weighted by Crippen LogP contribution is -2.39. The Morgan fingerprint density at radius 1 is 1.33 bits per heavy atom. The number of nitriles is 1. The first kappa shape index (κ1) is 24.8. The summed E-state index contributed by atoms with van der Waals surface area (Å²) in [5, 5.41) is 22.4. The molecule has 0 radical (unpaired) electrons. The van der Waals surface area contributed by atoms with Gasteiger partial charge in [-0.2, -0.15) is 5.26 Å². The minimum atomic E-state index is -0.869. The number of anilines is 3. The van der Waals surface area contributed by atoms with Gasteiger partial charge in [-0.1, -0.05) is 17.7 Å². The molecule has 0 aromatic heterocycles. The molecule has 176 valence electrons. The first-order valence-corrected chi connectivity index (χ1v) is 11.5. The lowest BCUT2D eigenvalue weighted by atomic mass is 9.94. The van der Waals surface area contributed by atoms with Crippen molar-refractivity contribution in [3.05, 3.63) is 52.5 Å². The number of carboxylic acid groups (broad SMARTS) is 1. The Balaban J connectivity index is 2.02. The summed E-state index contributed by atoms with van der Waals surface area (Å²) in [6.45, 7) is 4.74. The molecule has 1 aliphatic heterocycles. The van der Waals surface area contributed by atoms with E-state index in [9.17, 15) is 15.2 Å². The summed E-state index contributed by atoms with van der Waals surface area (Å²) >= 11 is 6.26. The second-order valence-electron chi connectivity index (χ2n) is 8.09. The highest BCUT2D eigenvalue weighted by Crippen LogP contribution is 2.36. The molecule has 0 saturated carbocycles. The number of nitrogens with one attached hydrogen (secondary N) is 1. The van der Waals surface area contributed by atoms with Crippen LogP contribution in [0, 0.1) is 11.3 Å². The summed E-state index contributed by atoms with van der Waals surface area (Å²) in [5.74, 6) is -1.14. The van der Waals surface area contributed by atoms with Crippen LogP contribution in [0.15, 0.2) is 36.4 Å². The lowest BCUT2D eigenvalue weighted by molar-refractivity contribution is -0.137. The van der Waals surface area contributed by atoms with Crippen molar-refractivity contribution in [1.82, 2.24) is 0 Å². The average molecular weight is 472 g/mol. The van der Waals surface area contributed by atoms with E-state index in [0.29, 0.717) is 23.2 Å². The van der Waals surface area contributed by atoms with Crippen molar-refractivity contribution < 1.29 is 19.4 Å². The van der Waals surface area contributed by atoms with Crippen LogP contribution in [0.2, 0.25) is 5.02 Å². The van der Waals surface area contributed by atoms with E-state index in [4.69, 9.17) is 21.1 Å². The highest BCUT2D eigenvalue weighted by atomic mass is 35.5. The van der Waals surface area contributed by atoms with Crippen LogP contribution in [0.5, 0.6) is 0 Å². The fourth-order valence-corrected chi connectivity index (χ4v) is 4.53. The third-order valence-electron chi connectivity index (χ3n) is 5.93. The Morgan fingerprint density at radius 2 is 2.09 bits per heavy atom. The maximum absolute atomic E-state index is 11.4. The van der Waals surface area contributed by atoms with E-state index >= 15 is 0 Å². The Labute approximate surface area is 199 Å². The molecule has 2 aromatic rings. The Hall–Kier alpha value is -2.79. The third kappa shape index (κ3) is 6.38. The van der Waals surface area contributed by atoms with Gasteiger partial charge in [-0.25, -0.2) is 0 Å². The van der Waals surface area contributed by atoms with Crippen LogP contribution in [0.25, 0.3) is 0 Å². The number of hydrogen-bond donors (Lipinski definition) is 2. The van der Waals surface area contributed by atoms with Crippen molar-refractivity contribution in [2.45, 2.75) is 38.1 Å². The highest BCUT2D eigenvalue weighted by Gasteiger charge is 2.24. The van der Waals surface area contributed by atoms with Gasteiger partial charge in [0.15, 0.2) is 0 Å². The molecule has 1 fully saturated rings. The van der Waals surface area contributed by atoms with Crippen LogP contribution in [-0.2, 0) is 14.3 Å². The second kappa shape index (κ2) is 11.9. The van der Waals surface area contributed by atoms with Gasteiger partial charge in [-0.3, -0.25) is 4.79 Å². The molecule has 3 rings (SSSR count). The largest absolute Gasteiger partial charge is 0.481 e. The average Bonchev–Trinajstić information content (AvgIpc) is 2.81. The number of aliphatic carboxylic acids is 1. The quantitative estimate of drug-likeness (QED) is 0.493. The zero-order valence-corrected chi connectivity index (χ0v) is 19.8. The molecule has 0 amide bonds. The van der Waals surface area contributed by atoms with E-state index in [1.165, 1.54) is 0 Å². The van der Waals surface area contributed by atoms with Gasteiger partial charge >= 0.3 is 5.97 Å². The van der Waals surface area contributed by atoms with Gasteiger partial charge in [0.25, 0.3) is 0 Å². The Morgan fingerprint density at radius 3 is 2.70 bits per heavy atom. The predicted octanol–water partition coefficient (Wildman–Crippen LogP) is 5.17. The number of methoxy groups -OCH3 is 1. The zero-order chi connectivity index (χ0) is 23.8. The standard InChI is InChI=1S/C25H30ClN3O4/c1-3-29(21-8-10-33-11-9-21)24-7-5-17(19(16-32-2)13-25(30)31)12-23(24)28-20-6-4-18(15-27)22(26)14-20/h4-7,12,14,19,21,28H,3,8-11,13,16H2,1-2H3,(H,30,31). The molecular weight excluding hydrogens is 442 g/mol. The van der Waals surface area contributed by atoms with Gasteiger partial charge in [-0.05, 0) is 55.7 Å². The topological polar surface area (TPSA) is 94.8 Å². The zero-order valence-electron chi connectivity index (χ0n) is 19.0. The fourth-order valence-electron chi connectivity index (χ4n) is 4.30. The molecule has 0 aliphatic carbocycles. The van der Waals surface area contributed by atoms with Crippen LogP contribution < -0.4 is 10.2 Å². The van der Waals surface area contributed by atoms with Gasteiger partial charge in [0.05, 0.1) is 35.0 Å². The van der Waals surface area contributed by atoms with Crippen molar-refractivity contribution in [2.24, 2.45) is 0 Å². The molecule has 1 atom stereocenters. The molecule has 7 nitrogen and oxygen atoms in total. The van der Waals surface area contributed by atoms with Gasteiger partial charge in [0.2, 0.25) is 0 Å². The highest BCUT2D eigenvalue weighted by molar-refractivity contribution is 6.32. The minimum absolute atomic E-state index is 0.0211. The summed E-state index contributed by atoms with van der Waals surface area (Å²) in [6, 6.07) is 13.7. The predicted molar refractivity (Wildman–Crippen MR) is 130 cm³/mol. The fraction of sp³-hybridized carbons (Fsp3) is 0.440. The second-order valence-corrected chi connectivity index (χ2v) is 8.49. The van der Waals surface area contributed by atoms with Crippen LogP contribution in [0.3, 0.4) is 0 Å². The minimum Gasteiger partial charge on any atom is -0.481 e. The van der Waals surface area contributed by atoms with E-state index in [1.807, 2.05) is 24.3 Å². The number of halogens is 1. The molecule has 1 saturated heterocycles. The van der Waals surface area contributed by atoms with Gasteiger partial charge in [0.1, 0.15) is 6.07 Å². The molecule has 1 unspecified atom stereocenters. The van der Waals surface area contributed by atoms with E-state index in [1.54, 1.807) is 19.2 Å². The van der Waals surface area contributed by atoms with Crippen molar-refractivity contribution >= 4 is 34.6 Å². The molecule has 1 aliphatic rings. The number of ether oxygens (including phenoxy) is 2. The van der Waals surface area contributed by atoms with Gasteiger partial charge in [0, 0.05) is 44.5 Å². The lowest BCUT2D eigenvalue weighted by Gasteiger charge is -2.37. The maximum atomic E-state index is 11.4. The molecular formula is C25H30ClN3O4. The molecule has 2 N–H and O–H groups in total. The van der Waals surface area contributed by atoms with Crippen molar-refractivity contribution in [3.8, 4) is 6.07 Å². The Kier molecular flexibility index (Phi) is 8.95. The van der Waals surface area contributed by atoms with Gasteiger partial charge < -0.3 is 24.8 Å². The summed E-state index contributed by atoms with van der Waals surface area (Å²) < 4.78 is 10.8. The monoisotopic (exact) mass is 471 g/mol. The molecule has 1 heterocycles. The summed E-state index contributed by atoms with van der Waals surface area (Å²) in [6.07, 6.45) is 1.87. The van der Waals surface area contributed by atoms with E-state index < -0.39 is 5.97 Å². The smallest absolute Gasteiger partial charge is 0.304 e. The first-order valence-electron chi connectivity index (χ1n) is 11.1. The van der Waals surface area contributed by atoms with Crippen LogP contribution in [-0.4, -0.2) is 50.6 Å². The molecule has 0 spiro atoms. The number of hydrogen-bond acceptors (Lipinski definition) is 6. The normalized spacial score (nSPS) is 15.0. The molecule has 2 aromatic carbocycles. The third-order valence-corrected chi connectivity index (χ3v) is 6.24. The summed E-state index contributed by atoms with van der Waals surface area (Å²) in [4.78, 5) is 13.8. The van der Waals surface area contributed by atoms with Gasteiger partial charge in [-0.15, -0.1) is 0 Å². The molecule has 8 heteroatoms. The summed E-state index contributed by atoms with van der Waals surface area (Å²) in [7, 11) is 1.57. The Bertz CT molecular complexity index is 1000. The molecule has 33 heavy (non-hydrogen) atoms. The van der Waals surface area contributed by atoms with Crippen molar-refractivity contribution in [2.75, 3.05) is 43.7 Å². The first-order chi connectivity index (χ1) is 16.0. The van der Waals surface area contributed by atoms with Crippen LogP contribution >= 0.6 is 11.6 Å².